The summed E-state index contributed by atoms with van der Waals surface area (Å²) in [5, 5.41) is 3.80. The molecular weight excluding hydrogens is 174 g/mol. The molecule has 2 aliphatic rings. The molecule has 1 N–H and O–H groups in total. The molecule has 2 heterocycles. The fraction of sp³-hybridized carbons (Fsp3) is 0.875. The van der Waals surface area contributed by atoms with Gasteiger partial charge >= 0.3 is 5.97 Å². The second-order valence-corrected chi connectivity index (χ2v) is 4.57. The van der Waals surface area contributed by atoms with E-state index in [1.54, 1.807) is 0 Å². The van der Waals surface area contributed by atoms with Gasteiger partial charge in [0.2, 0.25) is 0 Å². The molecule has 2 rings (SSSR count). The van der Waals surface area contributed by atoms with E-state index in [-0.39, 0.29) is 12.0 Å². The van der Waals surface area contributed by atoms with E-state index >= 15 is 0 Å². The summed E-state index contributed by atoms with van der Waals surface area (Å²) in [6.45, 7) is 0. The molecule has 0 aromatic rings. The van der Waals surface area contributed by atoms with Crippen LogP contribution in [0.1, 0.15) is 12.8 Å². The van der Waals surface area contributed by atoms with Gasteiger partial charge in [-0.15, -0.1) is 11.8 Å². The summed E-state index contributed by atoms with van der Waals surface area (Å²) in [4.78, 5) is 11.2. The third-order valence-electron chi connectivity index (χ3n) is 2.60. The lowest BCUT2D eigenvalue weighted by Gasteiger charge is -2.09. The minimum atomic E-state index is -0.106. The van der Waals surface area contributed by atoms with Gasteiger partial charge in [-0.1, -0.05) is 0 Å². The van der Waals surface area contributed by atoms with Crippen molar-refractivity contribution < 1.29 is 9.53 Å². The number of carbonyl (C=O) groups is 1. The predicted octanol–water partition coefficient (Wildman–Crippen LogP) is 0.600. The van der Waals surface area contributed by atoms with E-state index in [9.17, 15) is 4.79 Å². The number of thioether (sulfide) groups is 1. The van der Waals surface area contributed by atoms with E-state index < -0.39 is 0 Å². The highest BCUT2D eigenvalue weighted by atomic mass is 32.2. The first kappa shape index (κ1) is 8.38. The number of esters is 1. The van der Waals surface area contributed by atoms with E-state index in [1.807, 2.05) is 11.8 Å². The second kappa shape index (κ2) is 3.26. The van der Waals surface area contributed by atoms with Gasteiger partial charge < -0.3 is 4.74 Å². The molecule has 0 spiro atoms. The molecule has 0 aliphatic carbocycles. The molecule has 0 aromatic carbocycles. The highest BCUT2D eigenvalue weighted by molar-refractivity contribution is 8.00. The number of fused-ring (bicyclic) bond motifs is 1. The van der Waals surface area contributed by atoms with E-state index in [0.29, 0.717) is 11.3 Å². The van der Waals surface area contributed by atoms with Crippen molar-refractivity contribution in [3.63, 3.8) is 0 Å². The summed E-state index contributed by atoms with van der Waals surface area (Å²) < 4.78 is 4.69. The molecule has 3 unspecified atom stereocenters. The van der Waals surface area contributed by atoms with Crippen molar-refractivity contribution in [2.24, 2.45) is 5.92 Å². The number of nitrogens with one attached hydrogen (secondary N) is 1. The average Bonchev–Trinajstić information content (AvgIpc) is 2.60. The number of hydrogen-bond acceptors (Lipinski definition) is 4. The van der Waals surface area contributed by atoms with Gasteiger partial charge in [0.25, 0.3) is 0 Å². The molecule has 68 valence electrons. The van der Waals surface area contributed by atoms with E-state index in [1.165, 1.54) is 19.3 Å². The van der Waals surface area contributed by atoms with Crippen molar-refractivity contribution in [1.82, 2.24) is 5.32 Å². The Balaban J connectivity index is 1.94. The van der Waals surface area contributed by atoms with Crippen molar-refractivity contribution in [2.45, 2.75) is 24.3 Å². The maximum atomic E-state index is 11.2. The first-order chi connectivity index (χ1) is 5.81. The van der Waals surface area contributed by atoms with Crippen LogP contribution >= 0.6 is 11.8 Å². The average molecular weight is 187 g/mol. The first-order valence-electron chi connectivity index (χ1n) is 4.26. The molecule has 3 atom stereocenters. The summed E-state index contributed by atoms with van der Waals surface area (Å²) >= 11 is 1.93. The van der Waals surface area contributed by atoms with Crippen LogP contribution < -0.4 is 5.32 Å². The van der Waals surface area contributed by atoms with Crippen molar-refractivity contribution in [2.75, 3.05) is 12.9 Å². The van der Waals surface area contributed by atoms with Crippen molar-refractivity contribution in [1.29, 1.82) is 0 Å². The highest BCUT2D eigenvalue weighted by Gasteiger charge is 2.40. The van der Waals surface area contributed by atoms with Gasteiger partial charge in [-0.3, -0.25) is 10.1 Å². The standard InChI is InChI=1S/C8H13NO2S/c1-11-8(10)6-4-5-2-3-12-7(5)9-6/h5-7,9H,2-4H2,1H3. The Morgan fingerprint density at radius 3 is 3.17 bits per heavy atom. The Bertz CT molecular complexity index is 185. The molecule has 2 saturated heterocycles. The predicted molar refractivity (Wildman–Crippen MR) is 47.9 cm³/mol. The minimum Gasteiger partial charge on any atom is -0.468 e. The molecule has 4 heteroatoms. The lowest BCUT2D eigenvalue weighted by atomic mass is 10.0. The van der Waals surface area contributed by atoms with Crippen LogP contribution in [0, 0.1) is 5.92 Å². The molecular formula is C8H13NO2S. The Labute approximate surface area is 76.2 Å². The third-order valence-corrected chi connectivity index (χ3v) is 3.96. The van der Waals surface area contributed by atoms with E-state index in [2.05, 4.69) is 10.1 Å². The number of hydrogen-bond donors (Lipinski definition) is 1. The van der Waals surface area contributed by atoms with Crippen LogP contribution in [0.15, 0.2) is 0 Å². The van der Waals surface area contributed by atoms with Crippen LogP contribution in [0.25, 0.3) is 0 Å². The summed E-state index contributed by atoms with van der Waals surface area (Å²) in [6.07, 6.45) is 2.21. The van der Waals surface area contributed by atoms with Gasteiger partial charge in [-0.25, -0.2) is 0 Å². The zero-order valence-corrected chi connectivity index (χ0v) is 7.89. The van der Waals surface area contributed by atoms with Crippen molar-refractivity contribution in [3.05, 3.63) is 0 Å². The van der Waals surface area contributed by atoms with Gasteiger partial charge in [0.05, 0.1) is 12.5 Å². The second-order valence-electron chi connectivity index (χ2n) is 3.32. The van der Waals surface area contributed by atoms with Gasteiger partial charge in [0, 0.05) is 0 Å². The number of methoxy groups -OCH3 is 1. The van der Waals surface area contributed by atoms with Crippen LogP contribution in [0.2, 0.25) is 0 Å². The maximum Gasteiger partial charge on any atom is 0.322 e. The van der Waals surface area contributed by atoms with Crippen LogP contribution in [0.5, 0.6) is 0 Å². The zero-order chi connectivity index (χ0) is 8.55. The molecule has 2 fully saturated rings. The van der Waals surface area contributed by atoms with Gasteiger partial charge in [0.15, 0.2) is 0 Å². The Morgan fingerprint density at radius 1 is 1.67 bits per heavy atom. The SMILES string of the molecule is COC(=O)C1CC2CCSC2N1. The van der Waals surface area contributed by atoms with Crippen molar-refractivity contribution >= 4 is 17.7 Å². The number of rotatable bonds is 1. The topological polar surface area (TPSA) is 38.3 Å². The summed E-state index contributed by atoms with van der Waals surface area (Å²) in [5.41, 5.74) is 0. The Kier molecular flexibility index (Phi) is 2.28. The molecule has 2 aliphatic heterocycles. The van der Waals surface area contributed by atoms with Crippen LogP contribution in [-0.4, -0.2) is 30.2 Å². The van der Waals surface area contributed by atoms with Crippen LogP contribution in [-0.2, 0) is 9.53 Å². The molecule has 12 heavy (non-hydrogen) atoms. The summed E-state index contributed by atoms with van der Waals surface area (Å²) in [5.74, 6) is 1.82. The normalized spacial score (nSPS) is 39.6. The minimum absolute atomic E-state index is 0.0437. The molecule has 3 nitrogen and oxygen atoms in total. The van der Waals surface area contributed by atoms with Gasteiger partial charge in [-0.2, -0.15) is 0 Å². The molecule has 0 amide bonds. The summed E-state index contributed by atoms with van der Waals surface area (Å²) in [6, 6.07) is -0.0437. The number of ether oxygens (including phenoxy) is 1. The first-order valence-corrected chi connectivity index (χ1v) is 5.31. The maximum absolute atomic E-state index is 11.2. The lowest BCUT2D eigenvalue weighted by molar-refractivity contribution is -0.142. The molecule has 0 bridgehead atoms. The molecule has 0 saturated carbocycles. The van der Waals surface area contributed by atoms with Crippen molar-refractivity contribution in [3.8, 4) is 0 Å². The molecule has 0 aromatic heterocycles. The van der Waals surface area contributed by atoms with E-state index in [4.69, 9.17) is 0 Å². The largest absolute Gasteiger partial charge is 0.468 e. The lowest BCUT2D eigenvalue weighted by Crippen LogP contribution is -2.34. The van der Waals surface area contributed by atoms with Gasteiger partial charge in [0.1, 0.15) is 6.04 Å². The smallest absolute Gasteiger partial charge is 0.322 e. The summed E-state index contributed by atoms with van der Waals surface area (Å²) in [7, 11) is 1.45. The van der Waals surface area contributed by atoms with Crippen LogP contribution in [0.4, 0.5) is 0 Å². The highest BCUT2D eigenvalue weighted by Crippen LogP contribution is 2.38. The fourth-order valence-electron chi connectivity index (χ4n) is 1.94. The fourth-order valence-corrected chi connectivity index (χ4v) is 3.41. The molecule has 0 radical (unpaired) electrons. The van der Waals surface area contributed by atoms with Crippen LogP contribution in [0.3, 0.4) is 0 Å². The Morgan fingerprint density at radius 2 is 2.50 bits per heavy atom. The third kappa shape index (κ3) is 1.33. The zero-order valence-electron chi connectivity index (χ0n) is 7.08. The quantitative estimate of drug-likeness (QED) is 0.610. The number of carbonyl (C=O) groups excluding carboxylic acids is 1. The monoisotopic (exact) mass is 187 g/mol. The van der Waals surface area contributed by atoms with Gasteiger partial charge in [-0.05, 0) is 24.5 Å². The Hall–Kier alpha value is -0.220. The van der Waals surface area contributed by atoms with E-state index in [0.717, 1.165) is 6.42 Å².